The molecule has 3 nitrogen and oxygen atoms in total. The monoisotopic (exact) mass is 259 g/mol. The summed E-state index contributed by atoms with van der Waals surface area (Å²) in [7, 11) is 1.47. The molecular formula is C15H14FNO2. The number of rotatable bonds is 3. The fraction of sp³-hybridized carbons (Fsp3) is 0.200. The Bertz CT molecular complexity index is 638. The van der Waals surface area contributed by atoms with Crippen LogP contribution in [0, 0.1) is 12.7 Å². The number of benzene rings is 1. The molecule has 0 unspecified atom stereocenters. The van der Waals surface area contributed by atoms with E-state index in [1.54, 1.807) is 18.2 Å². The summed E-state index contributed by atoms with van der Waals surface area (Å²) in [6.45, 7) is 3.35. The van der Waals surface area contributed by atoms with Crippen LogP contribution in [0.3, 0.4) is 0 Å². The molecular weight excluding hydrogens is 245 g/mol. The highest BCUT2D eigenvalue weighted by Gasteiger charge is 2.11. The predicted octanol–water partition coefficient (Wildman–Crippen LogP) is 3.41. The molecule has 1 aromatic heterocycles. The molecule has 4 heteroatoms. The summed E-state index contributed by atoms with van der Waals surface area (Å²) in [6, 6.07) is 6.79. The van der Waals surface area contributed by atoms with Gasteiger partial charge in [-0.1, -0.05) is 12.1 Å². The van der Waals surface area contributed by atoms with Gasteiger partial charge in [0.25, 0.3) is 0 Å². The summed E-state index contributed by atoms with van der Waals surface area (Å²) in [5.41, 5.74) is 2.47. The first-order valence-electron chi connectivity index (χ1n) is 5.84. The molecule has 2 aromatic rings. The van der Waals surface area contributed by atoms with Gasteiger partial charge < -0.3 is 4.74 Å². The largest absolute Gasteiger partial charge is 0.481 e. The van der Waals surface area contributed by atoms with Crippen molar-refractivity contribution in [2.45, 2.75) is 13.8 Å². The zero-order valence-electron chi connectivity index (χ0n) is 11.0. The maximum Gasteiger partial charge on any atom is 0.213 e. The second-order valence-corrected chi connectivity index (χ2v) is 4.29. The molecule has 0 amide bonds. The number of carbonyl (C=O) groups excluding carboxylic acids is 1. The van der Waals surface area contributed by atoms with E-state index in [0.29, 0.717) is 22.6 Å². The van der Waals surface area contributed by atoms with Gasteiger partial charge in [0.1, 0.15) is 5.82 Å². The number of methoxy groups -OCH3 is 1. The fourth-order valence-corrected chi connectivity index (χ4v) is 1.92. The molecule has 0 aliphatic carbocycles. The number of hydrogen-bond acceptors (Lipinski definition) is 3. The Morgan fingerprint density at radius 1 is 1.32 bits per heavy atom. The van der Waals surface area contributed by atoms with E-state index >= 15 is 0 Å². The summed E-state index contributed by atoms with van der Waals surface area (Å²) in [6.07, 6.45) is 1.11. The summed E-state index contributed by atoms with van der Waals surface area (Å²) in [5, 5.41) is 0. The molecule has 0 radical (unpaired) electrons. The van der Waals surface area contributed by atoms with Crippen LogP contribution in [0.5, 0.6) is 5.88 Å². The van der Waals surface area contributed by atoms with Gasteiger partial charge in [0.2, 0.25) is 5.88 Å². The van der Waals surface area contributed by atoms with Crippen molar-refractivity contribution < 1.29 is 13.9 Å². The number of nitrogens with zero attached hydrogens (tertiary/aromatic N) is 1. The summed E-state index contributed by atoms with van der Waals surface area (Å²) < 4.78 is 18.8. The highest BCUT2D eigenvalue weighted by Crippen LogP contribution is 2.27. The van der Waals surface area contributed by atoms with Crippen molar-refractivity contribution in [3.8, 4) is 17.0 Å². The van der Waals surface area contributed by atoms with E-state index < -0.39 is 5.82 Å². The Morgan fingerprint density at radius 2 is 2.05 bits per heavy atom. The lowest BCUT2D eigenvalue weighted by Gasteiger charge is -2.08. The Balaban J connectivity index is 2.59. The number of ether oxygens (including phenoxy) is 1. The molecule has 1 aromatic carbocycles. The van der Waals surface area contributed by atoms with E-state index in [2.05, 4.69) is 4.98 Å². The van der Waals surface area contributed by atoms with Gasteiger partial charge in [-0.2, -0.15) is 0 Å². The summed E-state index contributed by atoms with van der Waals surface area (Å²) in [4.78, 5) is 15.3. The maximum atomic E-state index is 13.8. The van der Waals surface area contributed by atoms with Crippen molar-refractivity contribution in [1.82, 2.24) is 4.98 Å². The molecule has 0 saturated heterocycles. The fourth-order valence-electron chi connectivity index (χ4n) is 1.92. The van der Waals surface area contributed by atoms with Crippen LogP contribution in [0.4, 0.5) is 4.39 Å². The second kappa shape index (κ2) is 5.18. The predicted molar refractivity (Wildman–Crippen MR) is 70.9 cm³/mol. The zero-order chi connectivity index (χ0) is 14.0. The number of Topliss-reactive ketones (excluding diaryl/α,β-unsaturated/α-hetero) is 1. The van der Waals surface area contributed by atoms with Crippen LogP contribution < -0.4 is 4.74 Å². The quantitative estimate of drug-likeness (QED) is 0.793. The smallest absolute Gasteiger partial charge is 0.213 e. The topological polar surface area (TPSA) is 39.2 Å². The lowest BCUT2D eigenvalue weighted by Crippen LogP contribution is -1.98. The number of ketones is 1. The van der Waals surface area contributed by atoms with E-state index in [9.17, 15) is 9.18 Å². The molecule has 0 bridgehead atoms. The third-order valence-corrected chi connectivity index (χ3v) is 2.97. The first kappa shape index (κ1) is 13.2. The number of hydrogen-bond donors (Lipinski definition) is 0. The van der Waals surface area contributed by atoms with E-state index in [-0.39, 0.29) is 5.78 Å². The van der Waals surface area contributed by atoms with Crippen LogP contribution >= 0.6 is 0 Å². The number of carbonyl (C=O) groups is 1. The van der Waals surface area contributed by atoms with Crippen LogP contribution in [0.15, 0.2) is 30.5 Å². The summed E-state index contributed by atoms with van der Waals surface area (Å²) >= 11 is 0. The van der Waals surface area contributed by atoms with Crippen LogP contribution in [-0.2, 0) is 0 Å². The van der Waals surface area contributed by atoms with Gasteiger partial charge in [0, 0.05) is 17.2 Å². The van der Waals surface area contributed by atoms with Crippen LogP contribution in [0.25, 0.3) is 11.1 Å². The Morgan fingerprint density at radius 3 is 2.68 bits per heavy atom. The summed E-state index contributed by atoms with van der Waals surface area (Å²) in [5.74, 6) is -0.152. The number of pyridine rings is 1. The highest BCUT2D eigenvalue weighted by atomic mass is 19.1. The van der Waals surface area contributed by atoms with E-state index in [1.807, 2.05) is 6.92 Å². The normalized spacial score (nSPS) is 10.3. The standard InChI is InChI=1S/C15H14FNO2/c1-9-4-5-11(6-12(9)10(2)18)13-7-15(19-3)17-8-14(13)16/h4-8H,1-3H3. The molecule has 0 N–H and O–H groups in total. The van der Waals surface area contributed by atoms with Crippen LogP contribution in [0.1, 0.15) is 22.8 Å². The van der Waals surface area contributed by atoms with Gasteiger partial charge in [-0.25, -0.2) is 9.37 Å². The van der Waals surface area contributed by atoms with Crippen molar-refractivity contribution in [3.05, 3.63) is 47.4 Å². The second-order valence-electron chi connectivity index (χ2n) is 4.29. The van der Waals surface area contributed by atoms with E-state index in [0.717, 1.165) is 11.8 Å². The Labute approximate surface area is 111 Å². The minimum atomic E-state index is -0.445. The van der Waals surface area contributed by atoms with Crippen molar-refractivity contribution in [2.75, 3.05) is 7.11 Å². The molecule has 1 heterocycles. The SMILES string of the molecule is COc1cc(-c2ccc(C)c(C(C)=O)c2)c(F)cn1. The molecule has 0 saturated carbocycles. The van der Waals surface area contributed by atoms with Crippen molar-refractivity contribution in [1.29, 1.82) is 0 Å². The lowest BCUT2D eigenvalue weighted by atomic mass is 9.98. The van der Waals surface area contributed by atoms with Crippen molar-refractivity contribution >= 4 is 5.78 Å². The first-order chi connectivity index (χ1) is 9.02. The van der Waals surface area contributed by atoms with Gasteiger partial charge in [0.15, 0.2) is 5.78 Å². The lowest BCUT2D eigenvalue weighted by molar-refractivity contribution is 0.101. The average molecular weight is 259 g/mol. The molecule has 0 atom stereocenters. The van der Waals surface area contributed by atoms with E-state index in [4.69, 9.17) is 4.74 Å². The molecule has 0 fully saturated rings. The molecule has 0 aliphatic heterocycles. The molecule has 19 heavy (non-hydrogen) atoms. The number of halogens is 1. The molecule has 98 valence electrons. The van der Waals surface area contributed by atoms with Crippen molar-refractivity contribution in [2.24, 2.45) is 0 Å². The number of aromatic nitrogens is 1. The third-order valence-electron chi connectivity index (χ3n) is 2.97. The Kier molecular flexibility index (Phi) is 3.60. The van der Waals surface area contributed by atoms with E-state index in [1.165, 1.54) is 20.1 Å². The average Bonchev–Trinajstić information content (AvgIpc) is 2.40. The zero-order valence-corrected chi connectivity index (χ0v) is 11.0. The van der Waals surface area contributed by atoms with Crippen LogP contribution in [-0.4, -0.2) is 17.9 Å². The minimum absolute atomic E-state index is 0.0409. The molecule has 2 rings (SSSR count). The van der Waals surface area contributed by atoms with Crippen molar-refractivity contribution in [3.63, 3.8) is 0 Å². The minimum Gasteiger partial charge on any atom is -0.481 e. The number of aryl methyl sites for hydroxylation is 1. The van der Waals surface area contributed by atoms with Gasteiger partial charge >= 0.3 is 0 Å². The van der Waals surface area contributed by atoms with Gasteiger partial charge in [-0.05, 0) is 31.0 Å². The molecule has 0 spiro atoms. The van der Waals surface area contributed by atoms with Gasteiger partial charge in [0.05, 0.1) is 13.3 Å². The Hall–Kier alpha value is -2.23. The first-order valence-corrected chi connectivity index (χ1v) is 5.84. The third kappa shape index (κ3) is 2.62. The van der Waals surface area contributed by atoms with Crippen LogP contribution in [0.2, 0.25) is 0 Å². The highest BCUT2D eigenvalue weighted by molar-refractivity contribution is 5.96. The van der Waals surface area contributed by atoms with Gasteiger partial charge in [-0.15, -0.1) is 0 Å². The van der Waals surface area contributed by atoms with Gasteiger partial charge in [-0.3, -0.25) is 4.79 Å². The maximum absolute atomic E-state index is 13.8. The molecule has 0 aliphatic rings.